The van der Waals surface area contributed by atoms with E-state index in [1.807, 2.05) is 65.6 Å². The lowest BCUT2D eigenvalue weighted by atomic mass is 10.1. The largest absolute Gasteiger partial charge is 0.349 e. The van der Waals surface area contributed by atoms with Crippen LogP contribution in [-0.2, 0) is 13.1 Å². The second-order valence-corrected chi connectivity index (χ2v) is 5.30. The van der Waals surface area contributed by atoms with Crippen LogP contribution in [0.15, 0.2) is 76.3 Å². The Bertz CT molecular complexity index is 800. The SMILES string of the molecule is O=c1cc(N(Cc2ccccc2)Cc2ccccc2)[nH]c(=O)[nH]1. The maximum absolute atomic E-state index is 11.6. The molecule has 0 aliphatic rings. The zero-order valence-electron chi connectivity index (χ0n) is 12.5. The van der Waals surface area contributed by atoms with Gasteiger partial charge in [0, 0.05) is 19.2 Å². The summed E-state index contributed by atoms with van der Waals surface area (Å²) >= 11 is 0. The molecule has 116 valence electrons. The second kappa shape index (κ2) is 6.79. The number of aromatic amines is 2. The van der Waals surface area contributed by atoms with Gasteiger partial charge in [0.05, 0.1) is 0 Å². The molecule has 0 aliphatic carbocycles. The molecule has 1 aromatic heterocycles. The minimum absolute atomic E-state index is 0.408. The van der Waals surface area contributed by atoms with Gasteiger partial charge in [0.25, 0.3) is 5.56 Å². The Kier molecular flexibility index (Phi) is 4.38. The van der Waals surface area contributed by atoms with Gasteiger partial charge in [0.1, 0.15) is 5.82 Å². The van der Waals surface area contributed by atoms with Gasteiger partial charge in [0.15, 0.2) is 0 Å². The molecule has 3 rings (SSSR count). The van der Waals surface area contributed by atoms with Crippen LogP contribution in [0, 0.1) is 0 Å². The molecular weight excluding hydrogens is 290 g/mol. The van der Waals surface area contributed by atoms with Gasteiger partial charge in [-0.15, -0.1) is 0 Å². The molecule has 0 radical (unpaired) electrons. The van der Waals surface area contributed by atoms with E-state index in [4.69, 9.17) is 0 Å². The molecule has 1 heterocycles. The van der Waals surface area contributed by atoms with Gasteiger partial charge in [-0.25, -0.2) is 4.79 Å². The average Bonchev–Trinajstić information content (AvgIpc) is 2.55. The predicted molar refractivity (Wildman–Crippen MR) is 90.5 cm³/mol. The third kappa shape index (κ3) is 3.97. The number of anilines is 1. The molecule has 3 aromatic rings. The summed E-state index contributed by atoms with van der Waals surface area (Å²) in [4.78, 5) is 30.1. The molecule has 0 fully saturated rings. The zero-order chi connectivity index (χ0) is 16.1. The van der Waals surface area contributed by atoms with E-state index < -0.39 is 11.2 Å². The van der Waals surface area contributed by atoms with Crippen molar-refractivity contribution in [3.05, 3.63) is 98.7 Å². The first kappa shape index (κ1) is 14.8. The van der Waals surface area contributed by atoms with Crippen LogP contribution >= 0.6 is 0 Å². The minimum Gasteiger partial charge on any atom is -0.349 e. The molecule has 0 bridgehead atoms. The van der Waals surface area contributed by atoms with Gasteiger partial charge in [-0.3, -0.25) is 14.8 Å². The van der Waals surface area contributed by atoms with E-state index in [-0.39, 0.29) is 0 Å². The molecule has 2 aromatic carbocycles. The van der Waals surface area contributed by atoms with Gasteiger partial charge in [-0.1, -0.05) is 60.7 Å². The van der Waals surface area contributed by atoms with Crippen molar-refractivity contribution >= 4 is 5.82 Å². The monoisotopic (exact) mass is 307 g/mol. The van der Waals surface area contributed by atoms with Crippen LogP contribution in [0.4, 0.5) is 5.82 Å². The van der Waals surface area contributed by atoms with Crippen molar-refractivity contribution in [3.8, 4) is 0 Å². The molecule has 0 spiro atoms. The number of nitrogens with zero attached hydrogens (tertiary/aromatic N) is 1. The first-order chi connectivity index (χ1) is 11.2. The van der Waals surface area contributed by atoms with Crippen molar-refractivity contribution in [2.45, 2.75) is 13.1 Å². The Morgan fingerprint density at radius 1 is 0.739 bits per heavy atom. The van der Waals surface area contributed by atoms with E-state index in [0.29, 0.717) is 18.9 Å². The third-order valence-electron chi connectivity index (χ3n) is 3.52. The second-order valence-electron chi connectivity index (χ2n) is 5.30. The van der Waals surface area contributed by atoms with Crippen LogP contribution < -0.4 is 16.1 Å². The fraction of sp³-hybridized carbons (Fsp3) is 0.111. The van der Waals surface area contributed by atoms with E-state index in [0.717, 1.165) is 11.1 Å². The highest BCUT2D eigenvalue weighted by molar-refractivity contribution is 5.39. The Hall–Kier alpha value is -3.08. The maximum Gasteiger partial charge on any atom is 0.327 e. The topological polar surface area (TPSA) is 69.0 Å². The highest BCUT2D eigenvalue weighted by atomic mass is 16.2. The smallest absolute Gasteiger partial charge is 0.327 e. The molecule has 0 saturated heterocycles. The molecule has 23 heavy (non-hydrogen) atoms. The number of hydrogen-bond acceptors (Lipinski definition) is 3. The lowest BCUT2D eigenvalue weighted by Crippen LogP contribution is -2.29. The van der Waals surface area contributed by atoms with Crippen molar-refractivity contribution < 1.29 is 0 Å². The number of aromatic nitrogens is 2. The fourth-order valence-corrected chi connectivity index (χ4v) is 2.46. The summed E-state index contributed by atoms with van der Waals surface area (Å²) in [6.45, 7) is 1.18. The van der Waals surface area contributed by atoms with Gasteiger partial charge >= 0.3 is 5.69 Å². The van der Waals surface area contributed by atoms with E-state index >= 15 is 0 Å². The van der Waals surface area contributed by atoms with Gasteiger partial charge in [-0.05, 0) is 11.1 Å². The van der Waals surface area contributed by atoms with E-state index in [1.54, 1.807) is 0 Å². The molecule has 0 aliphatic heterocycles. The van der Waals surface area contributed by atoms with Crippen molar-refractivity contribution in [3.63, 3.8) is 0 Å². The summed E-state index contributed by atoms with van der Waals surface area (Å²) in [5, 5.41) is 0. The molecule has 2 N–H and O–H groups in total. The van der Waals surface area contributed by atoms with E-state index in [9.17, 15) is 9.59 Å². The van der Waals surface area contributed by atoms with Crippen LogP contribution in [0.1, 0.15) is 11.1 Å². The third-order valence-corrected chi connectivity index (χ3v) is 3.52. The zero-order valence-corrected chi connectivity index (χ0v) is 12.5. The number of H-pyrrole nitrogens is 2. The Morgan fingerprint density at radius 2 is 1.26 bits per heavy atom. The quantitative estimate of drug-likeness (QED) is 0.760. The summed E-state index contributed by atoms with van der Waals surface area (Å²) in [7, 11) is 0. The first-order valence-corrected chi connectivity index (χ1v) is 7.37. The lowest BCUT2D eigenvalue weighted by Gasteiger charge is -2.24. The lowest BCUT2D eigenvalue weighted by molar-refractivity contribution is 0.773. The molecule has 5 heteroatoms. The van der Waals surface area contributed by atoms with Crippen LogP contribution in [-0.4, -0.2) is 9.97 Å². The maximum atomic E-state index is 11.6. The number of hydrogen-bond donors (Lipinski definition) is 2. The summed E-state index contributed by atoms with van der Waals surface area (Å²) < 4.78 is 0. The van der Waals surface area contributed by atoms with E-state index in [2.05, 4.69) is 9.97 Å². The molecule has 5 nitrogen and oxygen atoms in total. The van der Waals surface area contributed by atoms with Crippen molar-refractivity contribution in [1.82, 2.24) is 9.97 Å². The molecule has 0 atom stereocenters. The van der Waals surface area contributed by atoms with E-state index in [1.165, 1.54) is 6.07 Å². The Balaban J connectivity index is 1.95. The normalized spacial score (nSPS) is 10.4. The van der Waals surface area contributed by atoms with Gasteiger partial charge in [0.2, 0.25) is 0 Å². The Labute approximate surface area is 133 Å². The first-order valence-electron chi connectivity index (χ1n) is 7.37. The van der Waals surface area contributed by atoms with Crippen molar-refractivity contribution in [2.24, 2.45) is 0 Å². The Morgan fingerprint density at radius 3 is 1.74 bits per heavy atom. The average molecular weight is 307 g/mol. The predicted octanol–water partition coefficient (Wildman–Crippen LogP) is 2.27. The summed E-state index contributed by atoms with van der Waals surface area (Å²) in [5.74, 6) is 0.506. The summed E-state index contributed by atoms with van der Waals surface area (Å²) in [5.41, 5.74) is 1.29. The van der Waals surface area contributed by atoms with Crippen molar-refractivity contribution in [2.75, 3.05) is 4.90 Å². The number of nitrogens with one attached hydrogen (secondary N) is 2. The van der Waals surface area contributed by atoms with Crippen LogP contribution in [0.2, 0.25) is 0 Å². The molecule has 0 unspecified atom stereocenters. The van der Waals surface area contributed by atoms with Crippen LogP contribution in [0.25, 0.3) is 0 Å². The van der Waals surface area contributed by atoms with Gasteiger partial charge < -0.3 is 4.90 Å². The van der Waals surface area contributed by atoms with Crippen LogP contribution in [0.5, 0.6) is 0 Å². The number of rotatable bonds is 5. The standard InChI is InChI=1S/C18H17N3O2/c22-17-11-16(19-18(23)20-17)21(12-14-7-3-1-4-8-14)13-15-9-5-2-6-10-15/h1-11H,12-13H2,(H2,19,20,22,23). The summed E-state index contributed by atoms with van der Waals surface area (Å²) in [6, 6.07) is 21.3. The van der Waals surface area contributed by atoms with Gasteiger partial charge in [-0.2, -0.15) is 0 Å². The molecular formula is C18H17N3O2. The highest BCUT2D eigenvalue weighted by Gasteiger charge is 2.10. The molecule has 0 amide bonds. The fourth-order valence-electron chi connectivity index (χ4n) is 2.46. The molecule has 0 saturated carbocycles. The van der Waals surface area contributed by atoms with Crippen molar-refractivity contribution in [1.29, 1.82) is 0 Å². The summed E-state index contributed by atoms with van der Waals surface area (Å²) in [6.07, 6.45) is 0. The number of benzene rings is 2. The van der Waals surface area contributed by atoms with Crippen LogP contribution in [0.3, 0.4) is 0 Å². The minimum atomic E-state index is -0.501. The highest BCUT2D eigenvalue weighted by Crippen LogP contribution is 2.15.